The van der Waals surface area contributed by atoms with E-state index >= 15 is 0 Å². The second-order valence-corrected chi connectivity index (χ2v) is 6.06. The second kappa shape index (κ2) is 4.89. The van der Waals surface area contributed by atoms with Crippen LogP contribution in [-0.2, 0) is 0 Å². The smallest absolute Gasteiger partial charge is 0.140 e. The molecule has 19 heavy (non-hydrogen) atoms. The van der Waals surface area contributed by atoms with E-state index < -0.39 is 0 Å². The minimum Gasteiger partial charge on any atom is -0.338 e. The Morgan fingerprint density at radius 2 is 1.95 bits per heavy atom. The van der Waals surface area contributed by atoms with Crippen LogP contribution in [0, 0.1) is 5.82 Å². The van der Waals surface area contributed by atoms with Gasteiger partial charge in [0.1, 0.15) is 11.6 Å². The third kappa shape index (κ3) is 2.30. The van der Waals surface area contributed by atoms with E-state index in [4.69, 9.17) is 11.6 Å². The molecule has 6 heteroatoms. The largest absolute Gasteiger partial charge is 0.338 e. The molecule has 0 unspecified atom stereocenters. The van der Waals surface area contributed by atoms with Crippen LogP contribution >= 0.6 is 43.5 Å². The van der Waals surface area contributed by atoms with Crippen molar-refractivity contribution in [1.82, 2.24) is 9.97 Å². The number of aromatic nitrogens is 2. The summed E-state index contributed by atoms with van der Waals surface area (Å²) in [4.78, 5) is 7.50. The van der Waals surface area contributed by atoms with Gasteiger partial charge in [-0.3, -0.25) is 0 Å². The summed E-state index contributed by atoms with van der Waals surface area (Å²) in [5, 5.41) is 0.570. The number of rotatable bonds is 1. The first-order valence-electron chi connectivity index (χ1n) is 5.35. The Labute approximate surface area is 130 Å². The monoisotopic (exact) mass is 402 g/mol. The molecule has 2 nitrogen and oxygen atoms in total. The van der Waals surface area contributed by atoms with E-state index in [9.17, 15) is 4.39 Å². The number of imidazole rings is 1. The van der Waals surface area contributed by atoms with E-state index in [1.54, 1.807) is 6.07 Å². The summed E-state index contributed by atoms with van der Waals surface area (Å²) in [6.45, 7) is 0. The molecule has 0 saturated heterocycles. The molecular formula is C13H6Br2ClFN2. The predicted molar refractivity (Wildman–Crippen MR) is 81.9 cm³/mol. The van der Waals surface area contributed by atoms with Crippen molar-refractivity contribution in [3.8, 4) is 11.4 Å². The third-order valence-electron chi connectivity index (χ3n) is 2.73. The molecule has 0 atom stereocenters. The van der Waals surface area contributed by atoms with Crippen LogP contribution < -0.4 is 0 Å². The highest BCUT2D eigenvalue weighted by atomic mass is 79.9. The van der Waals surface area contributed by atoms with E-state index in [1.165, 1.54) is 6.07 Å². The van der Waals surface area contributed by atoms with Gasteiger partial charge in [0.2, 0.25) is 0 Å². The highest BCUT2D eigenvalue weighted by Gasteiger charge is 2.12. The molecule has 1 heterocycles. The topological polar surface area (TPSA) is 28.7 Å². The molecule has 3 aromatic rings. The van der Waals surface area contributed by atoms with Crippen molar-refractivity contribution in [2.45, 2.75) is 0 Å². The van der Waals surface area contributed by atoms with Crippen LogP contribution in [0.1, 0.15) is 0 Å². The molecule has 0 aliphatic rings. The van der Waals surface area contributed by atoms with Crippen LogP contribution in [0.3, 0.4) is 0 Å². The van der Waals surface area contributed by atoms with Crippen molar-refractivity contribution in [3.05, 3.63) is 50.1 Å². The standard InChI is InChI=1S/C13H6Br2ClFN2/c14-7-3-1-2-6(12(7)16)13-18-10-4-8(15)9(17)5-11(10)19-13/h1-5H,(H,18,19). The highest BCUT2D eigenvalue weighted by molar-refractivity contribution is 9.10. The van der Waals surface area contributed by atoms with Gasteiger partial charge in [0.25, 0.3) is 0 Å². The second-order valence-electron chi connectivity index (χ2n) is 3.97. The zero-order chi connectivity index (χ0) is 13.6. The molecule has 0 aliphatic heterocycles. The maximum absolute atomic E-state index is 13.5. The average molecular weight is 404 g/mol. The lowest BCUT2D eigenvalue weighted by Gasteiger charge is -2.01. The highest BCUT2D eigenvalue weighted by Crippen LogP contribution is 2.33. The van der Waals surface area contributed by atoms with Crippen molar-refractivity contribution in [1.29, 1.82) is 0 Å². The number of hydrogen-bond acceptors (Lipinski definition) is 1. The number of hydrogen-bond donors (Lipinski definition) is 1. The van der Waals surface area contributed by atoms with Crippen molar-refractivity contribution in [2.24, 2.45) is 0 Å². The van der Waals surface area contributed by atoms with Crippen LogP contribution in [0.4, 0.5) is 4.39 Å². The Balaban J connectivity index is 2.23. The number of benzene rings is 2. The summed E-state index contributed by atoms with van der Waals surface area (Å²) in [5.41, 5.74) is 2.08. The lowest BCUT2D eigenvalue weighted by atomic mass is 10.2. The minimum atomic E-state index is -0.331. The van der Waals surface area contributed by atoms with Gasteiger partial charge in [0.05, 0.1) is 20.5 Å². The van der Waals surface area contributed by atoms with Crippen LogP contribution in [0.15, 0.2) is 39.3 Å². The molecule has 2 aromatic carbocycles. The molecule has 96 valence electrons. The first-order chi connectivity index (χ1) is 9.06. The van der Waals surface area contributed by atoms with Gasteiger partial charge in [-0.05, 0) is 50.1 Å². The lowest BCUT2D eigenvalue weighted by Crippen LogP contribution is -1.82. The molecule has 1 aromatic heterocycles. The van der Waals surface area contributed by atoms with Gasteiger partial charge in [0.15, 0.2) is 0 Å². The summed E-state index contributed by atoms with van der Waals surface area (Å²) < 4.78 is 14.7. The first-order valence-corrected chi connectivity index (χ1v) is 7.32. The number of aromatic amines is 1. The van der Waals surface area contributed by atoms with Gasteiger partial charge < -0.3 is 4.98 Å². The summed E-state index contributed by atoms with van der Waals surface area (Å²) in [7, 11) is 0. The van der Waals surface area contributed by atoms with E-state index in [1.807, 2.05) is 18.2 Å². The Hall–Kier alpha value is -0.910. The molecule has 1 N–H and O–H groups in total. The zero-order valence-corrected chi connectivity index (χ0v) is 13.3. The van der Waals surface area contributed by atoms with Crippen LogP contribution in [0.5, 0.6) is 0 Å². The van der Waals surface area contributed by atoms with E-state index in [2.05, 4.69) is 41.8 Å². The molecule has 0 bridgehead atoms. The maximum Gasteiger partial charge on any atom is 0.140 e. The minimum absolute atomic E-state index is 0.331. The fourth-order valence-corrected chi connectivity index (χ4v) is 2.73. The fourth-order valence-electron chi connectivity index (χ4n) is 1.82. The molecule has 0 saturated carbocycles. The molecule has 0 fully saturated rings. The molecular weight excluding hydrogens is 398 g/mol. The third-order valence-corrected chi connectivity index (χ3v) is 4.63. The fraction of sp³-hybridized carbons (Fsp3) is 0. The molecule has 3 rings (SSSR count). The summed E-state index contributed by atoms with van der Waals surface area (Å²) in [5.74, 6) is 0.279. The van der Waals surface area contributed by atoms with Gasteiger partial charge >= 0.3 is 0 Å². The molecule has 0 radical (unpaired) electrons. The van der Waals surface area contributed by atoms with Crippen LogP contribution in [0.25, 0.3) is 22.4 Å². The normalized spacial score (nSPS) is 11.2. The number of nitrogens with one attached hydrogen (secondary N) is 1. The summed E-state index contributed by atoms with van der Waals surface area (Å²) in [6.07, 6.45) is 0. The van der Waals surface area contributed by atoms with Crippen molar-refractivity contribution >= 4 is 54.5 Å². The van der Waals surface area contributed by atoms with E-state index in [0.29, 0.717) is 26.4 Å². The predicted octanol–water partition coefficient (Wildman–Crippen LogP) is 5.55. The van der Waals surface area contributed by atoms with Gasteiger partial charge in [-0.2, -0.15) is 0 Å². The van der Waals surface area contributed by atoms with E-state index in [-0.39, 0.29) is 5.82 Å². The molecule has 0 aliphatic carbocycles. The number of halogens is 4. The number of H-pyrrole nitrogens is 1. The van der Waals surface area contributed by atoms with Crippen LogP contribution in [0.2, 0.25) is 5.02 Å². The Kier molecular flexibility index (Phi) is 3.37. The average Bonchev–Trinajstić information content (AvgIpc) is 2.76. The summed E-state index contributed by atoms with van der Waals surface area (Å²) >= 11 is 12.7. The first kappa shape index (κ1) is 13.1. The Morgan fingerprint density at radius 3 is 2.74 bits per heavy atom. The molecule has 0 amide bonds. The van der Waals surface area contributed by atoms with E-state index in [0.717, 1.165) is 10.0 Å². The van der Waals surface area contributed by atoms with Gasteiger partial charge in [0, 0.05) is 16.1 Å². The Bertz CT molecular complexity index is 747. The Morgan fingerprint density at radius 1 is 1.16 bits per heavy atom. The number of fused-ring (bicyclic) bond motifs is 1. The molecule has 0 spiro atoms. The lowest BCUT2D eigenvalue weighted by molar-refractivity contribution is 0.623. The van der Waals surface area contributed by atoms with Crippen molar-refractivity contribution in [2.75, 3.05) is 0 Å². The van der Waals surface area contributed by atoms with Gasteiger partial charge in [-0.25, -0.2) is 9.37 Å². The van der Waals surface area contributed by atoms with Crippen molar-refractivity contribution < 1.29 is 4.39 Å². The maximum atomic E-state index is 13.5. The van der Waals surface area contributed by atoms with Crippen LogP contribution in [-0.4, -0.2) is 9.97 Å². The zero-order valence-electron chi connectivity index (χ0n) is 9.35. The van der Waals surface area contributed by atoms with Crippen molar-refractivity contribution in [3.63, 3.8) is 0 Å². The SMILES string of the molecule is Fc1cc2[nH]c(-c3cccc(Br)c3Cl)nc2cc1Br. The van der Waals surface area contributed by atoms with Gasteiger partial charge in [-0.15, -0.1) is 0 Å². The number of nitrogens with zero attached hydrogens (tertiary/aromatic N) is 1. The quantitative estimate of drug-likeness (QED) is 0.566. The van der Waals surface area contributed by atoms with Gasteiger partial charge in [-0.1, -0.05) is 17.7 Å². The summed E-state index contributed by atoms with van der Waals surface area (Å²) in [6, 6.07) is 8.62.